The van der Waals surface area contributed by atoms with Crippen molar-refractivity contribution in [3.63, 3.8) is 0 Å². The van der Waals surface area contributed by atoms with Crippen LogP contribution in [0.2, 0.25) is 5.02 Å². The number of halogens is 1. The van der Waals surface area contributed by atoms with Gasteiger partial charge in [-0.2, -0.15) is 0 Å². The number of nitrogens with one attached hydrogen (secondary N) is 2. The van der Waals surface area contributed by atoms with Crippen LogP contribution in [0.1, 0.15) is 23.2 Å². The van der Waals surface area contributed by atoms with Crippen molar-refractivity contribution in [3.8, 4) is 0 Å². The van der Waals surface area contributed by atoms with E-state index in [0.29, 0.717) is 34.8 Å². The Balaban J connectivity index is 1.67. The molecule has 2 atom stereocenters. The zero-order valence-corrected chi connectivity index (χ0v) is 16.6. The first-order chi connectivity index (χ1) is 14.0. The van der Waals surface area contributed by atoms with Gasteiger partial charge in [-0.25, -0.2) is 4.79 Å². The van der Waals surface area contributed by atoms with Crippen molar-refractivity contribution >= 4 is 40.8 Å². The molecule has 3 rings (SSSR count). The standard InChI is InChI=1S/C22H21ClN2O4/c1-29-22(28)14-6-10-16(11-7-14)24-20(26)18-4-2-3-5-19(18)21(27)25-17-12-8-15(23)9-13-17/h2-3,6-13,18-19H,4-5H2,1H3,(H,24,26)(H,25,27). The van der Waals surface area contributed by atoms with Crippen LogP contribution in [0.15, 0.2) is 60.7 Å². The molecule has 0 fully saturated rings. The van der Waals surface area contributed by atoms with Crippen LogP contribution in [0.4, 0.5) is 11.4 Å². The van der Waals surface area contributed by atoms with Crippen LogP contribution < -0.4 is 10.6 Å². The van der Waals surface area contributed by atoms with E-state index in [2.05, 4.69) is 15.4 Å². The lowest BCUT2D eigenvalue weighted by atomic mass is 9.81. The number of carbonyl (C=O) groups excluding carboxylic acids is 3. The number of benzene rings is 2. The minimum atomic E-state index is -0.493. The molecular formula is C22H21ClN2O4. The molecule has 0 bridgehead atoms. The first-order valence-electron chi connectivity index (χ1n) is 9.18. The van der Waals surface area contributed by atoms with Crippen molar-refractivity contribution in [1.82, 2.24) is 0 Å². The van der Waals surface area contributed by atoms with E-state index in [0.717, 1.165) is 0 Å². The summed E-state index contributed by atoms with van der Waals surface area (Å²) in [6.45, 7) is 0. The second kappa shape index (κ2) is 9.39. The average molecular weight is 413 g/mol. The highest BCUT2D eigenvalue weighted by Gasteiger charge is 2.34. The van der Waals surface area contributed by atoms with E-state index in [4.69, 9.17) is 11.6 Å². The minimum Gasteiger partial charge on any atom is -0.465 e. The van der Waals surface area contributed by atoms with Crippen molar-refractivity contribution in [2.45, 2.75) is 12.8 Å². The number of ether oxygens (including phenoxy) is 1. The van der Waals surface area contributed by atoms with E-state index in [1.165, 1.54) is 7.11 Å². The molecule has 0 aliphatic heterocycles. The van der Waals surface area contributed by atoms with E-state index in [1.807, 2.05) is 12.2 Å². The van der Waals surface area contributed by atoms with Crippen LogP contribution in [0, 0.1) is 11.8 Å². The molecule has 6 nitrogen and oxygen atoms in total. The molecule has 2 amide bonds. The number of anilines is 2. The molecular weight excluding hydrogens is 392 g/mol. The van der Waals surface area contributed by atoms with Crippen LogP contribution >= 0.6 is 11.6 Å². The van der Waals surface area contributed by atoms with Gasteiger partial charge in [-0.15, -0.1) is 0 Å². The quantitative estimate of drug-likeness (QED) is 0.566. The number of carbonyl (C=O) groups is 3. The summed E-state index contributed by atoms with van der Waals surface area (Å²) in [6.07, 6.45) is 4.79. The summed E-state index contributed by atoms with van der Waals surface area (Å²) in [6, 6.07) is 13.2. The fourth-order valence-corrected chi connectivity index (χ4v) is 3.33. The Hall–Kier alpha value is -3.12. The third kappa shape index (κ3) is 5.23. The lowest BCUT2D eigenvalue weighted by molar-refractivity contribution is -0.129. The lowest BCUT2D eigenvalue weighted by Crippen LogP contribution is -2.37. The molecule has 2 unspecified atom stereocenters. The van der Waals surface area contributed by atoms with Gasteiger partial charge in [-0.05, 0) is 61.4 Å². The third-order valence-electron chi connectivity index (χ3n) is 4.79. The largest absolute Gasteiger partial charge is 0.465 e. The van der Waals surface area contributed by atoms with Gasteiger partial charge >= 0.3 is 5.97 Å². The van der Waals surface area contributed by atoms with Crippen molar-refractivity contribution in [1.29, 1.82) is 0 Å². The fourth-order valence-electron chi connectivity index (χ4n) is 3.20. The monoisotopic (exact) mass is 412 g/mol. The van der Waals surface area contributed by atoms with Crippen molar-refractivity contribution in [2.75, 3.05) is 17.7 Å². The summed E-state index contributed by atoms with van der Waals surface area (Å²) < 4.78 is 4.66. The zero-order chi connectivity index (χ0) is 20.8. The topological polar surface area (TPSA) is 84.5 Å². The number of amides is 2. The third-order valence-corrected chi connectivity index (χ3v) is 5.04. The average Bonchev–Trinajstić information content (AvgIpc) is 2.75. The minimum absolute atomic E-state index is 0.210. The van der Waals surface area contributed by atoms with E-state index < -0.39 is 17.8 Å². The number of hydrogen-bond acceptors (Lipinski definition) is 4. The Bertz CT molecular complexity index is 923. The molecule has 0 spiro atoms. The van der Waals surface area contributed by atoms with Gasteiger partial charge in [0.2, 0.25) is 11.8 Å². The maximum absolute atomic E-state index is 12.8. The molecule has 0 aromatic heterocycles. The van der Waals surface area contributed by atoms with Gasteiger partial charge in [0.05, 0.1) is 24.5 Å². The van der Waals surface area contributed by atoms with Gasteiger partial charge < -0.3 is 15.4 Å². The van der Waals surface area contributed by atoms with Gasteiger partial charge in [0.25, 0.3) is 0 Å². The Morgan fingerprint density at radius 2 is 1.28 bits per heavy atom. The normalized spacial score (nSPS) is 18.0. The van der Waals surface area contributed by atoms with Gasteiger partial charge in [-0.1, -0.05) is 23.8 Å². The predicted molar refractivity (Wildman–Crippen MR) is 112 cm³/mol. The molecule has 0 saturated heterocycles. The number of rotatable bonds is 5. The van der Waals surface area contributed by atoms with Crippen molar-refractivity contribution in [2.24, 2.45) is 11.8 Å². The Labute approximate surface area is 173 Å². The number of allylic oxidation sites excluding steroid dienone is 2. The summed E-state index contributed by atoms with van der Waals surface area (Å²) in [4.78, 5) is 37.1. The Kier molecular flexibility index (Phi) is 6.67. The predicted octanol–water partition coefficient (Wildman–Crippen LogP) is 4.29. The van der Waals surface area contributed by atoms with Crippen molar-refractivity contribution in [3.05, 3.63) is 71.3 Å². The van der Waals surface area contributed by atoms with Crippen LogP contribution in [-0.4, -0.2) is 24.9 Å². The van der Waals surface area contributed by atoms with E-state index in [-0.39, 0.29) is 11.8 Å². The Morgan fingerprint density at radius 3 is 1.72 bits per heavy atom. The highest BCUT2D eigenvalue weighted by Crippen LogP contribution is 2.28. The van der Waals surface area contributed by atoms with Crippen LogP contribution in [0.3, 0.4) is 0 Å². The number of esters is 1. The molecule has 29 heavy (non-hydrogen) atoms. The second-order valence-corrected chi connectivity index (χ2v) is 7.15. The molecule has 2 N–H and O–H groups in total. The smallest absolute Gasteiger partial charge is 0.337 e. The van der Waals surface area contributed by atoms with E-state index >= 15 is 0 Å². The number of hydrogen-bond donors (Lipinski definition) is 2. The maximum Gasteiger partial charge on any atom is 0.337 e. The van der Waals surface area contributed by atoms with Crippen LogP contribution in [-0.2, 0) is 14.3 Å². The molecule has 1 aliphatic carbocycles. The summed E-state index contributed by atoms with van der Waals surface area (Å²) in [5.74, 6) is -1.87. The van der Waals surface area contributed by atoms with E-state index in [9.17, 15) is 14.4 Å². The van der Waals surface area contributed by atoms with Crippen LogP contribution in [0.5, 0.6) is 0 Å². The highest BCUT2D eigenvalue weighted by atomic mass is 35.5. The molecule has 2 aromatic carbocycles. The summed E-state index contributed by atoms with van der Waals surface area (Å²) in [5, 5.41) is 6.26. The molecule has 2 aromatic rings. The molecule has 150 valence electrons. The molecule has 1 aliphatic rings. The lowest BCUT2D eigenvalue weighted by Gasteiger charge is -2.26. The fraction of sp³-hybridized carbons (Fsp3) is 0.227. The molecule has 0 radical (unpaired) electrons. The van der Waals surface area contributed by atoms with Gasteiger partial charge in [0, 0.05) is 16.4 Å². The summed E-state index contributed by atoms with van der Waals surface area (Å²) >= 11 is 5.87. The maximum atomic E-state index is 12.8. The second-order valence-electron chi connectivity index (χ2n) is 6.71. The van der Waals surface area contributed by atoms with Crippen molar-refractivity contribution < 1.29 is 19.1 Å². The van der Waals surface area contributed by atoms with Gasteiger partial charge in [0.1, 0.15) is 0 Å². The SMILES string of the molecule is COC(=O)c1ccc(NC(=O)C2CC=CCC2C(=O)Nc2ccc(Cl)cc2)cc1. The molecule has 0 saturated carbocycles. The zero-order valence-electron chi connectivity index (χ0n) is 15.9. The van der Waals surface area contributed by atoms with Gasteiger partial charge in [0.15, 0.2) is 0 Å². The summed E-state index contributed by atoms with van der Waals surface area (Å²) in [5.41, 5.74) is 1.58. The van der Waals surface area contributed by atoms with Crippen LogP contribution in [0.25, 0.3) is 0 Å². The number of methoxy groups -OCH3 is 1. The highest BCUT2D eigenvalue weighted by molar-refractivity contribution is 6.30. The Morgan fingerprint density at radius 1 is 0.828 bits per heavy atom. The summed E-state index contributed by atoms with van der Waals surface area (Å²) in [7, 11) is 1.31. The van der Waals surface area contributed by atoms with Gasteiger partial charge in [-0.3, -0.25) is 9.59 Å². The molecule has 0 heterocycles. The first kappa shape index (κ1) is 20.6. The van der Waals surface area contributed by atoms with E-state index in [1.54, 1.807) is 48.5 Å². The molecule has 7 heteroatoms. The first-order valence-corrected chi connectivity index (χ1v) is 9.56.